The highest BCUT2D eigenvalue weighted by Crippen LogP contribution is 2.62. The standard InChI is InChI=1S/C20H31N/c1-18(2,15-9-7-6-8-10-15)14-21-17-19(3,4)16-11-12-20(17,5)13-16/h6-10,16-17,21H,11-14H2,1-5H3. The molecule has 1 nitrogen and oxygen atoms in total. The van der Waals surface area contributed by atoms with Crippen molar-refractivity contribution in [2.45, 2.75) is 65.3 Å². The number of hydrogen-bond donors (Lipinski definition) is 1. The number of hydrogen-bond acceptors (Lipinski definition) is 1. The van der Waals surface area contributed by atoms with E-state index in [1.54, 1.807) is 0 Å². The van der Waals surface area contributed by atoms with Crippen molar-refractivity contribution < 1.29 is 0 Å². The molecule has 2 bridgehead atoms. The lowest BCUT2D eigenvalue weighted by Crippen LogP contribution is -2.53. The van der Waals surface area contributed by atoms with Gasteiger partial charge in [-0.1, -0.05) is 65.0 Å². The van der Waals surface area contributed by atoms with Crippen molar-refractivity contribution in [3.8, 4) is 0 Å². The summed E-state index contributed by atoms with van der Waals surface area (Å²) in [6.45, 7) is 13.3. The van der Waals surface area contributed by atoms with Crippen LogP contribution in [0.5, 0.6) is 0 Å². The number of nitrogens with one attached hydrogen (secondary N) is 1. The summed E-state index contributed by atoms with van der Waals surface area (Å²) in [5.41, 5.74) is 2.58. The fourth-order valence-corrected chi connectivity index (χ4v) is 5.16. The Morgan fingerprint density at radius 2 is 1.81 bits per heavy atom. The Labute approximate surface area is 130 Å². The average Bonchev–Trinajstić information content (AvgIpc) is 2.90. The maximum absolute atomic E-state index is 3.98. The van der Waals surface area contributed by atoms with Crippen LogP contribution in [0.4, 0.5) is 0 Å². The summed E-state index contributed by atoms with van der Waals surface area (Å²) >= 11 is 0. The van der Waals surface area contributed by atoms with Gasteiger partial charge in [0.15, 0.2) is 0 Å². The molecule has 3 unspecified atom stereocenters. The lowest BCUT2D eigenvalue weighted by Gasteiger charge is -2.44. The first-order valence-electron chi connectivity index (χ1n) is 8.55. The molecule has 2 fully saturated rings. The molecule has 0 aliphatic heterocycles. The quantitative estimate of drug-likeness (QED) is 0.840. The van der Waals surface area contributed by atoms with Crippen molar-refractivity contribution in [2.24, 2.45) is 16.7 Å². The maximum Gasteiger partial charge on any atom is 0.0175 e. The Balaban J connectivity index is 1.73. The van der Waals surface area contributed by atoms with E-state index < -0.39 is 0 Å². The van der Waals surface area contributed by atoms with E-state index in [0.29, 0.717) is 16.9 Å². The van der Waals surface area contributed by atoms with E-state index in [1.165, 1.54) is 24.8 Å². The first-order valence-corrected chi connectivity index (χ1v) is 8.55. The van der Waals surface area contributed by atoms with Crippen LogP contribution < -0.4 is 5.32 Å². The van der Waals surface area contributed by atoms with E-state index in [4.69, 9.17) is 0 Å². The molecule has 116 valence electrons. The van der Waals surface area contributed by atoms with E-state index in [1.807, 2.05) is 0 Å². The minimum absolute atomic E-state index is 0.190. The van der Waals surface area contributed by atoms with Crippen LogP contribution >= 0.6 is 0 Å². The van der Waals surface area contributed by atoms with E-state index >= 15 is 0 Å². The van der Waals surface area contributed by atoms with Crippen molar-refractivity contribution in [2.75, 3.05) is 6.54 Å². The molecule has 0 saturated heterocycles. The highest BCUT2D eigenvalue weighted by Gasteiger charge is 2.59. The highest BCUT2D eigenvalue weighted by atomic mass is 15.0. The molecule has 3 rings (SSSR count). The minimum Gasteiger partial charge on any atom is -0.312 e. The zero-order valence-corrected chi connectivity index (χ0v) is 14.4. The molecular formula is C20H31N. The summed E-state index contributed by atoms with van der Waals surface area (Å²) < 4.78 is 0. The predicted octanol–water partition coefficient (Wildman–Crippen LogP) is 4.77. The summed E-state index contributed by atoms with van der Waals surface area (Å²) in [5, 5.41) is 3.98. The highest BCUT2D eigenvalue weighted by molar-refractivity contribution is 5.24. The molecule has 1 aromatic carbocycles. The molecule has 1 heteroatoms. The van der Waals surface area contributed by atoms with Gasteiger partial charge in [-0.25, -0.2) is 0 Å². The van der Waals surface area contributed by atoms with Crippen molar-refractivity contribution in [1.29, 1.82) is 0 Å². The van der Waals surface area contributed by atoms with Gasteiger partial charge >= 0.3 is 0 Å². The van der Waals surface area contributed by atoms with Crippen molar-refractivity contribution in [1.82, 2.24) is 5.32 Å². The van der Waals surface area contributed by atoms with Crippen LogP contribution in [-0.2, 0) is 5.41 Å². The van der Waals surface area contributed by atoms with Crippen LogP contribution in [0, 0.1) is 16.7 Å². The van der Waals surface area contributed by atoms with Crippen LogP contribution in [0.25, 0.3) is 0 Å². The van der Waals surface area contributed by atoms with Crippen molar-refractivity contribution >= 4 is 0 Å². The molecule has 0 radical (unpaired) electrons. The largest absolute Gasteiger partial charge is 0.312 e. The Bertz CT molecular complexity index is 497. The molecule has 2 aliphatic rings. The third-order valence-electron chi connectivity index (χ3n) is 6.57. The van der Waals surface area contributed by atoms with Crippen LogP contribution in [0.15, 0.2) is 30.3 Å². The lowest BCUT2D eigenvalue weighted by atomic mass is 9.68. The fraction of sp³-hybridized carbons (Fsp3) is 0.700. The van der Waals surface area contributed by atoms with Gasteiger partial charge in [0, 0.05) is 18.0 Å². The normalized spacial score (nSPS) is 34.3. The Morgan fingerprint density at radius 3 is 2.38 bits per heavy atom. The summed E-state index contributed by atoms with van der Waals surface area (Å²) in [5.74, 6) is 0.917. The number of benzene rings is 1. The van der Waals surface area contributed by atoms with Gasteiger partial charge in [0.05, 0.1) is 0 Å². The molecule has 1 N–H and O–H groups in total. The van der Waals surface area contributed by atoms with Crippen LogP contribution in [-0.4, -0.2) is 12.6 Å². The van der Waals surface area contributed by atoms with E-state index in [2.05, 4.69) is 70.3 Å². The smallest absolute Gasteiger partial charge is 0.0175 e. The Hall–Kier alpha value is -0.820. The zero-order valence-electron chi connectivity index (χ0n) is 14.4. The van der Waals surface area contributed by atoms with Gasteiger partial charge in [-0.2, -0.15) is 0 Å². The van der Waals surface area contributed by atoms with Gasteiger partial charge in [0.1, 0.15) is 0 Å². The first kappa shape index (κ1) is 15.1. The monoisotopic (exact) mass is 285 g/mol. The molecule has 1 aromatic rings. The first-order chi connectivity index (χ1) is 9.76. The lowest BCUT2D eigenvalue weighted by molar-refractivity contribution is 0.104. The summed E-state index contributed by atoms with van der Waals surface area (Å²) in [6.07, 6.45) is 4.26. The molecule has 0 amide bonds. The predicted molar refractivity (Wildman–Crippen MR) is 90.5 cm³/mol. The van der Waals surface area contributed by atoms with Gasteiger partial charge in [0.25, 0.3) is 0 Å². The molecule has 0 heterocycles. The van der Waals surface area contributed by atoms with Crippen molar-refractivity contribution in [3.63, 3.8) is 0 Å². The van der Waals surface area contributed by atoms with Gasteiger partial charge in [-0.15, -0.1) is 0 Å². The summed E-state index contributed by atoms with van der Waals surface area (Å²) in [4.78, 5) is 0. The molecule has 3 atom stereocenters. The minimum atomic E-state index is 0.190. The van der Waals surface area contributed by atoms with Gasteiger partial charge < -0.3 is 5.32 Å². The second-order valence-corrected chi connectivity index (χ2v) is 8.98. The molecule has 21 heavy (non-hydrogen) atoms. The van der Waals surface area contributed by atoms with Gasteiger partial charge in [-0.05, 0) is 41.6 Å². The fourth-order valence-electron chi connectivity index (χ4n) is 5.16. The Morgan fingerprint density at radius 1 is 1.14 bits per heavy atom. The number of fused-ring (bicyclic) bond motifs is 2. The molecule has 2 saturated carbocycles. The van der Waals surface area contributed by atoms with Gasteiger partial charge in [-0.3, -0.25) is 0 Å². The zero-order chi connectivity index (χ0) is 15.3. The van der Waals surface area contributed by atoms with E-state index in [9.17, 15) is 0 Å². The van der Waals surface area contributed by atoms with Crippen LogP contribution in [0.1, 0.15) is 59.4 Å². The Kier molecular flexibility index (Phi) is 3.48. The summed E-state index contributed by atoms with van der Waals surface area (Å²) in [7, 11) is 0. The second-order valence-electron chi connectivity index (χ2n) is 8.98. The molecule has 0 spiro atoms. The third kappa shape index (κ3) is 2.44. The van der Waals surface area contributed by atoms with Crippen LogP contribution in [0.3, 0.4) is 0 Å². The molecule has 0 aromatic heterocycles. The molecular weight excluding hydrogens is 254 g/mol. The average molecular weight is 285 g/mol. The molecule has 2 aliphatic carbocycles. The third-order valence-corrected chi connectivity index (χ3v) is 6.57. The topological polar surface area (TPSA) is 12.0 Å². The maximum atomic E-state index is 3.98. The van der Waals surface area contributed by atoms with Crippen molar-refractivity contribution in [3.05, 3.63) is 35.9 Å². The van der Waals surface area contributed by atoms with E-state index in [0.717, 1.165) is 12.5 Å². The van der Waals surface area contributed by atoms with Gasteiger partial charge in [0.2, 0.25) is 0 Å². The summed E-state index contributed by atoms with van der Waals surface area (Å²) in [6, 6.07) is 11.6. The van der Waals surface area contributed by atoms with E-state index in [-0.39, 0.29) is 5.41 Å². The SMILES string of the molecule is CC(C)(CNC1C2(C)CCC(C2)C1(C)C)c1ccccc1. The second kappa shape index (κ2) is 4.84. The number of rotatable bonds is 4. The van der Waals surface area contributed by atoms with Crippen LogP contribution in [0.2, 0.25) is 0 Å².